The van der Waals surface area contributed by atoms with E-state index in [1.807, 2.05) is 10.9 Å². The van der Waals surface area contributed by atoms with Crippen molar-refractivity contribution in [1.29, 1.82) is 0 Å². The Labute approximate surface area is 126 Å². The van der Waals surface area contributed by atoms with Crippen LogP contribution in [0, 0.1) is 17.8 Å². The van der Waals surface area contributed by atoms with Crippen molar-refractivity contribution in [3.05, 3.63) is 11.9 Å². The molecule has 1 aromatic heterocycles. The first-order valence-corrected chi connectivity index (χ1v) is 8.32. The fraction of sp³-hybridized carbons (Fsp3) is 0.812. The zero-order valence-corrected chi connectivity index (χ0v) is 13.1. The quantitative estimate of drug-likeness (QED) is 0.869. The van der Waals surface area contributed by atoms with Crippen molar-refractivity contribution in [2.75, 3.05) is 13.1 Å². The predicted octanol–water partition coefficient (Wildman–Crippen LogP) is 2.46. The van der Waals surface area contributed by atoms with Gasteiger partial charge in [0.15, 0.2) is 5.78 Å². The van der Waals surface area contributed by atoms with Crippen LogP contribution in [0.25, 0.3) is 0 Å². The van der Waals surface area contributed by atoms with Crippen molar-refractivity contribution < 1.29 is 4.79 Å². The summed E-state index contributed by atoms with van der Waals surface area (Å²) in [6.07, 6.45) is 7.16. The molecule has 5 heteroatoms. The molecule has 1 saturated heterocycles. The molecule has 2 aliphatic rings. The van der Waals surface area contributed by atoms with Gasteiger partial charge in [-0.3, -0.25) is 4.79 Å². The van der Waals surface area contributed by atoms with Gasteiger partial charge in [-0.25, -0.2) is 4.68 Å². The third kappa shape index (κ3) is 3.18. The molecule has 1 saturated carbocycles. The SMILES string of the molecule is CC1CCC(C(=O)c2cn(C3CCNCC3)nn2)CC1C. The molecule has 0 bridgehead atoms. The molecule has 0 radical (unpaired) electrons. The van der Waals surface area contributed by atoms with Gasteiger partial charge in [-0.2, -0.15) is 0 Å². The van der Waals surface area contributed by atoms with Crippen LogP contribution < -0.4 is 5.32 Å². The van der Waals surface area contributed by atoms with Crippen LogP contribution in [-0.4, -0.2) is 33.9 Å². The van der Waals surface area contributed by atoms with Crippen LogP contribution in [-0.2, 0) is 0 Å². The fourth-order valence-electron chi connectivity index (χ4n) is 3.63. The number of hydrogen-bond acceptors (Lipinski definition) is 4. The number of nitrogens with one attached hydrogen (secondary N) is 1. The van der Waals surface area contributed by atoms with E-state index in [0.29, 0.717) is 17.7 Å². The smallest absolute Gasteiger partial charge is 0.187 e. The van der Waals surface area contributed by atoms with E-state index in [0.717, 1.165) is 51.1 Å². The lowest BCUT2D eigenvalue weighted by Crippen LogP contribution is -2.29. The summed E-state index contributed by atoms with van der Waals surface area (Å²) in [6, 6.07) is 0.394. The molecule has 21 heavy (non-hydrogen) atoms. The maximum absolute atomic E-state index is 12.6. The predicted molar refractivity (Wildman–Crippen MR) is 81.2 cm³/mol. The van der Waals surface area contributed by atoms with Crippen molar-refractivity contribution in [2.24, 2.45) is 17.8 Å². The molecule has 5 nitrogen and oxygen atoms in total. The third-order valence-corrected chi connectivity index (χ3v) is 5.41. The second-order valence-electron chi connectivity index (χ2n) is 6.89. The van der Waals surface area contributed by atoms with Crippen molar-refractivity contribution >= 4 is 5.78 Å². The van der Waals surface area contributed by atoms with Crippen molar-refractivity contribution in [2.45, 2.75) is 52.0 Å². The number of carbonyl (C=O) groups excluding carboxylic acids is 1. The summed E-state index contributed by atoms with van der Waals surface area (Å²) in [5.74, 6) is 1.72. The molecule has 1 aromatic rings. The Kier molecular flexibility index (Phi) is 4.38. The Morgan fingerprint density at radius 3 is 2.67 bits per heavy atom. The maximum atomic E-state index is 12.6. The number of carbonyl (C=O) groups is 1. The highest BCUT2D eigenvalue weighted by molar-refractivity contribution is 5.95. The number of aromatic nitrogens is 3. The van der Waals surface area contributed by atoms with Crippen LogP contribution in [0.3, 0.4) is 0 Å². The summed E-state index contributed by atoms with van der Waals surface area (Å²) in [5.41, 5.74) is 0.570. The van der Waals surface area contributed by atoms with Crippen molar-refractivity contribution in [1.82, 2.24) is 20.3 Å². The highest BCUT2D eigenvalue weighted by Gasteiger charge is 2.31. The van der Waals surface area contributed by atoms with E-state index >= 15 is 0 Å². The third-order valence-electron chi connectivity index (χ3n) is 5.41. The molecule has 116 valence electrons. The minimum atomic E-state index is 0.148. The van der Waals surface area contributed by atoms with Gasteiger partial charge in [0.05, 0.1) is 12.2 Å². The van der Waals surface area contributed by atoms with Crippen LogP contribution in [0.15, 0.2) is 6.20 Å². The van der Waals surface area contributed by atoms with E-state index < -0.39 is 0 Å². The number of piperidine rings is 1. The van der Waals surface area contributed by atoms with Gasteiger partial charge < -0.3 is 5.32 Å². The Morgan fingerprint density at radius 2 is 1.95 bits per heavy atom. The molecule has 1 N–H and O–H groups in total. The Hall–Kier alpha value is -1.23. The molecule has 1 aliphatic carbocycles. The maximum Gasteiger partial charge on any atom is 0.187 e. The monoisotopic (exact) mass is 290 g/mol. The molecule has 2 heterocycles. The van der Waals surface area contributed by atoms with Gasteiger partial charge in [-0.05, 0) is 57.0 Å². The number of nitrogens with zero attached hydrogens (tertiary/aromatic N) is 3. The van der Waals surface area contributed by atoms with Gasteiger partial charge in [-0.15, -0.1) is 5.10 Å². The number of ketones is 1. The minimum Gasteiger partial charge on any atom is -0.317 e. The topological polar surface area (TPSA) is 59.8 Å². The molecule has 2 fully saturated rings. The van der Waals surface area contributed by atoms with Gasteiger partial charge in [0.2, 0.25) is 0 Å². The zero-order valence-electron chi connectivity index (χ0n) is 13.1. The molecule has 3 unspecified atom stereocenters. The molecule has 1 aliphatic heterocycles. The van der Waals surface area contributed by atoms with Gasteiger partial charge in [0.25, 0.3) is 0 Å². The van der Waals surface area contributed by atoms with Crippen molar-refractivity contribution in [3.63, 3.8) is 0 Å². The first-order chi connectivity index (χ1) is 10.1. The Morgan fingerprint density at radius 1 is 1.19 bits per heavy atom. The van der Waals surface area contributed by atoms with Gasteiger partial charge in [0, 0.05) is 5.92 Å². The average molecular weight is 290 g/mol. The average Bonchev–Trinajstić information content (AvgIpc) is 3.00. The molecule has 0 amide bonds. The lowest BCUT2D eigenvalue weighted by molar-refractivity contribution is 0.0832. The summed E-state index contributed by atoms with van der Waals surface area (Å²) in [6.45, 7) is 6.59. The lowest BCUT2D eigenvalue weighted by Gasteiger charge is -2.30. The normalized spacial score (nSPS) is 31.2. The highest BCUT2D eigenvalue weighted by Crippen LogP contribution is 2.34. The molecular weight excluding hydrogens is 264 g/mol. The second-order valence-corrected chi connectivity index (χ2v) is 6.89. The first-order valence-electron chi connectivity index (χ1n) is 8.32. The van der Waals surface area contributed by atoms with Crippen LogP contribution in [0.1, 0.15) is 62.5 Å². The van der Waals surface area contributed by atoms with Gasteiger partial charge >= 0.3 is 0 Å². The molecule has 0 spiro atoms. The number of rotatable bonds is 3. The summed E-state index contributed by atoms with van der Waals surface area (Å²) in [4.78, 5) is 12.6. The first kappa shape index (κ1) is 14.7. The summed E-state index contributed by atoms with van der Waals surface area (Å²) in [5, 5.41) is 11.7. The second kappa shape index (κ2) is 6.26. The van der Waals surface area contributed by atoms with E-state index in [4.69, 9.17) is 0 Å². The number of Topliss-reactive ketones (excluding diaryl/α,β-unsaturated/α-hetero) is 1. The summed E-state index contributed by atoms with van der Waals surface area (Å²) < 4.78 is 1.91. The minimum absolute atomic E-state index is 0.148. The van der Waals surface area contributed by atoms with Crippen LogP contribution in [0.5, 0.6) is 0 Å². The van der Waals surface area contributed by atoms with Crippen LogP contribution >= 0.6 is 0 Å². The van der Waals surface area contributed by atoms with Crippen LogP contribution in [0.2, 0.25) is 0 Å². The molecule has 3 atom stereocenters. The molecular formula is C16H26N4O. The largest absolute Gasteiger partial charge is 0.317 e. The van der Waals surface area contributed by atoms with Crippen LogP contribution in [0.4, 0.5) is 0 Å². The lowest BCUT2D eigenvalue weighted by atomic mass is 9.74. The Balaban J connectivity index is 1.66. The standard InChI is InChI=1S/C16H26N4O/c1-11-3-4-13(9-12(11)2)16(21)15-10-20(19-18-15)14-5-7-17-8-6-14/h10-14,17H,3-9H2,1-2H3. The van der Waals surface area contributed by atoms with E-state index in [-0.39, 0.29) is 11.7 Å². The summed E-state index contributed by atoms with van der Waals surface area (Å²) >= 11 is 0. The van der Waals surface area contributed by atoms with E-state index in [1.54, 1.807) is 0 Å². The molecule has 3 rings (SSSR count). The molecule has 0 aromatic carbocycles. The van der Waals surface area contributed by atoms with E-state index in [2.05, 4.69) is 29.5 Å². The number of hydrogen-bond donors (Lipinski definition) is 1. The summed E-state index contributed by atoms with van der Waals surface area (Å²) in [7, 11) is 0. The van der Waals surface area contributed by atoms with Crippen molar-refractivity contribution in [3.8, 4) is 0 Å². The van der Waals surface area contributed by atoms with E-state index in [1.165, 1.54) is 0 Å². The fourth-order valence-corrected chi connectivity index (χ4v) is 3.63. The van der Waals surface area contributed by atoms with Gasteiger partial charge in [0.1, 0.15) is 5.69 Å². The Bertz CT molecular complexity index is 492. The van der Waals surface area contributed by atoms with E-state index in [9.17, 15) is 4.79 Å². The highest BCUT2D eigenvalue weighted by atomic mass is 16.1. The van der Waals surface area contributed by atoms with Gasteiger partial charge in [-0.1, -0.05) is 19.1 Å². The zero-order chi connectivity index (χ0) is 14.8.